The summed E-state index contributed by atoms with van der Waals surface area (Å²) in [7, 11) is 2.05. The van der Waals surface area contributed by atoms with Crippen molar-refractivity contribution in [3.05, 3.63) is 57.6 Å². The molecule has 0 saturated carbocycles. The number of hydrogen-bond donors (Lipinski definition) is 1. The molecule has 0 saturated heterocycles. The second-order valence-corrected chi connectivity index (χ2v) is 7.03. The molecule has 0 heterocycles. The van der Waals surface area contributed by atoms with E-state index in [1.165, 1.54) is 35.1 Å². The minimum atomic E-state index is -0.0670. The molecule has 0 fully saturated rings. The summed E-state index contributed by atoms with van der Waals surface area (Å²) >= 11 is 12.4. The highest BCUT2D eigenvalue weighted by Gasteiger charge is 2.30. The maximum atomic E-state index is 6.34. The molecule has 3 rings (SSSR count). The van der Waals surface area contributed by atoms with E-state index in [9.17, 15) is 0 Å². The van der Waals surface area contributed by atoms with Crippen LogP contribution in [0.5, 0.6) is 0 Å². The first-order valence-corrected chi connectivity index (χ1v) is 8.39. The standard InChI is InChI=1S/C18H21Cl2N/c1-11-3-5-14-13(6-8-18(21-2)15(14)9-11)12-4-7-16(19)17(20)10-12/h3-5,7,9,13,17-18,21H,6,8,10H2,1-2H3. The third-order valence-electron chi connectivity index (χ3n) is 4.70. The summed E-state index contributed by atoms with van der Waals surface area (Å²) in [5.74, 6) is 0.479. The van der Waals surface area contributed by atoms with E-state index in [2.05, 4.69) is 36.5 Å². The minimum absolute atomic E-state index is 0.0670. The van der Waals surface area contributed by atoms with Gasteiger partial charge in [-0.25, -0.2) is 0 Å². The molecular formula is C18H21Cl2N. The lowest BCUT2D eigenvalue weighted by atomic mass is 9.74. The van der Waals surface area contributed by atoms with Crippen LogP contribution < -0.4 is 5.32 Å². The fourth-order valence-corrected chi connectivity index (χ4v) is 3.96. The van der Waals surface area contributed by atoms with Crippen molar-refractivity contribution in [2.45, 2.75) is 43.5 Å². The van der Waals surface area contributed by atoms with Gasteiger partial charge < -0.3 is 5.32 Å². The van der Waals surface area contributed by atoms with Crippen molar-refractivity contribution in [2.75, 3.05) is 7.05 Å². The van der Waals surface area contributed by atoms with Crippen LogP contribution in [0.4, 0.5) is 0 Å². The van der Waals surface area contributed by atoms with Crippen LogP contribution in [0.25, 0.3) is 0 Å². The molecule has 0 bridgehead atoms. The SMILES string of the molecule is CNC1CCC(C2=CC=C(Cl)C(Cl)C2)c2ccc(C)cc21. The molecule has 2 aliphatic carbocycles. The van der Waals surface area contributed by atoms with Crippen LogP contribution in [0.15, 0.2) is 41.0 Å². The van der Waals surface area contributed by atoms with E-state index in [4.69, 9.17) is 23.2 Å². The molecule has 1 N–H and O–H groups in total. The summed E-state index contributed by atoms with van der Waals surface area (Å²) in [6.07, 6.45) is 7.34. The first-order chi connectivity index (χ1) is 10.1. The average Bonchev–Trinajstić information content (AvgIpc) is 2.49. The monoisotopic (exact) mass is 321 g/mol. The third-order valence-corrected chi connectivity index (χ3v) is 5.59. The van der Waals surface area contributed by atoms with E-state index in [-0.39, 0.29) is 5.38 Å². The second-order valence-electron chi connectivity index (χ2n) is 6.07. The number of nitrogens with one attached hydrogen (secondary N) is 1. The van der Waals surface area contributed by atoms with Crippen LogP contribution in [0.1, 0.15) is 47.9 Å². The predicted molar refractivity (Wildman–Crippen MR) is 91.2 cm³/mol. The molecule has 2 aliphatic rings. The number of benzene rings is 1. The molecule has 0 aromatic heterocycles. The zero-order valence-electron chi connectivity index (χ0n) is 12.5. The van der Waals surface area contributed by atoms with E-state index < -0.39 is 0 Å². The summed E-state index contributed by atoms with van der Waals surface area (Å²) in [4.78, 5) is 0. The molecule has 21 heavy (non-hydrogen) atoms. The summed E-state index contributed by atoms with van der Waals surface area (Å²) in [6, 6.07) is 7.30. The maximum absolute atomic E-state index is 6.34. The van der Waals surface area contributed by atoms with Gasteiger partial charge in [-0.3, -0.25) is 0 Å². The highest BCUT2D eigenvalue weighted by Crippen LogP contribution is 2.44. The molecule has 1 nitrogen and oxygen atoms in total. The van der Waals surface area contributed by atoms with Crippen molar-refractivity contribution in [1.82, 2.24) is 5.32 Å². The molecule has 3 unspecified atom stereocenters. The highest BCUT2D eigenvalue weighted by atomic mass is 35.5. The van der Waals surface area contributed by atoms with Gasteiger partial charge in [-0.1, -0.05) is 47.0 Å². The van der Waals surface area contributed by atoms with Crippen molar-refractivity contribution in [3.63, 3.8) is 0 Å². The van der Waals surface area contributed by atoms with Crippen LogP contribution in [0, 0.1) is 6.92 Å². The smallest absolute Gasteiger partial charge is 0.0729 e. The van der Waals surface area contributed by atoms with E-state index >= 15 is 0 Å². The van der Waals surface area contributed by atoms with Crippen LogP contribution in [0.3, 0.4) is 0 Å². The van der Waals surface area contributed by atoms with Crippen molar-refractivity contribution in [3.8, 4) is 0 Å². The van der Waals surface area contributed by atoms with Gasteiger partial charge in [0.1, 0.15) is 0 Å². The first kappa shape index (κ1) is 15.1. The molecule has 0 amide bonds. The van der Waals surface area contributed by atoms with Crippen molar-refractivity contribution in [1.29, 1.82) is 0 Å². The van der Waals surface area contributed by atoms with E-state index in [0.717, 1.165) is 11.5 Å². The molecular weight excluding hydrogens is 301 g/mol. The van der Waals surface area contributed by atoms with Crippen molar-refractivity contribution >= 4 is 23.2 Å². The molecule has 1 aromatic carbocycles. The lowest BCUT2D eigenvalue weighted by Crippen LogP contribution is -2.25. The van der Waals surface area contributed by atoms with Gasteiger partial charge in [0.05, 0.1) is 5.38 Å². The number of fused-ring (bicyclic) bond motifs is 1. The van der Waals surface area contributed by atoms with Crippen LogP contribution >= 0.6 is 23.2 Å². The van der Waals surface area contributed by atoms with Gasteiger partial charge in [-0.05, 0) is 50.4 Å². The number of allylic oxidation sites excluding steroid dienone is 4. The fraction of sp³-hybridized carbons (Fsp3) is 0.444. The maximum Gasteiger partial charge on any atom is 0.0729 e. The number of halogens is 2. The topological polar surface area (TPSA) is 12.0 Å². The number of hydrogen-bond acceptors (Lipinski definition) is 1. The summed E-state index contributed by atoms with van der Waals surface area (Å²) < 4.78 is 0. The van der Waals surface area contributed by atoms with Gasteiger partial charge in [0.15, 0.2) is 0 Å². The normalized spacial score (nSPS) is 28.7. The summed E-state index contributed by atoms with van der Waals surface area (Å²) in [6.45, 7) is 2.16. The Balaban J connectivity index is 1.99. The molecule has 0 radical (unpaired) electrons. The van der Waals surface area contributed by atoms with E-state index in [1.807, 2.05) is 13.1 Å². The zero-order valence-corrected chi connectivity index (χ0v) is 14.0. The van der Waals surface area contributed by atoms with Gasteiger partial charge in [0.25, 0.3) is 0 Å². The number of aryl methyl sites for hydroxylation is 1. The Hall–Kier alpha value is -0.760. The molecule has 3 atom stereocenters. The molecule has 0 aliphatic heterocycles. The first-order valence-electron chi connectivity index (χ1n) is 7.58. The predicted octanol–water partition coefficient (Wildman–Crippen LogP) is 5.19. The Kier molecular flexibility index (Phi) is 4.44. The van der Waals surface area contributed by atoms with Crippen LogP contribution in [-0.2, 0) is 0 Å². The Bertz CT molecular complexity index is 603. The second kappa shape index (κ2) is 6.16. The van der Waals surface area contributed by atoms with Crippen LogP contribution in [0.2, 0.25) is 0 Å². The van der Waals surface area contributed by atoms with Gasteiger partial charge in [0.2, 0.25) is 0 Å². The van der Waals surface area contributed by atoms with E-state index in [0.29, 0.717) is 12.0 Å². The van der Waals surface area contributed by atoms with Gasteiger partial charge in [-0.15, -0.1) is 11.6 Å². The molecule has 3 heteroatoms. The quantitative estimate of drug-likeness (QED) is 0.739. The Morgan fingerprint density at radius 1 is 1.14 bits per heavy atom. The molecule has 1 aromatic rings. The molecule has 0 spiro atoms. The van der Waals surface area contributed by atoms with Crippen molar-refractivity contribution < 1.29 is 0 Å². The Labute approximate surface area is 137 Å². The van der Waals surface area contributed by atoms with E-state index in [1.54, 1.807) is 0 Å². The lowest BCUT2D eigenvalue weighted by molar-refractivity contribution is 0.463. The highest BCUT2D eigenvalue weighted by molar-refractivity contribution is 6.37. The summed E-state index contributed by atoms with van der Waals surface area (Å²) in [5, 5.41) is 4.14. The number of rotatable bonds is 2. The van der Waals surface area contributed by atoms with Gasteiger partial charge in [0, 0.05) is 17.0 Å². The third kappa shape index (κ3) is 2.92. The Morgan fingerprint density at radius 3 is 2.67 bits per heavy atom. The largest absolute Gasteiger partial charge is 0.313 e. The Morgan fingerprint density at radius 2 is 1.95 bits per heavy atom. The lowest BCUT2D eigenvalue weighted by Gasteiger charge is -2.34. The van der Waals surface area contributed by atoms with Gasteiger partial charge >= 0.3 is 0 Å². The van der Waals surface area contributed by atoms with Gasteiger partial charge in [-0.2, -0.15) is 0 Å². The average molecular weight is 322 g/mol. The zero-order chi connectivity index (χ0) is 15.0. The number of alkyl halides is 1. The fourth-order valence-electron chi connectivity index (χ4n) is 3.56. The summed E-state index contributed by atoms with van der Waals surface area (Å²) in [5.41, 5.74) is 5.64. The molecule has 112 valence electrons. The minimum Gasteiger partial charge on any atom is -0.313 e. The van der Waals surface area contributed by atoms with Crippen LogP contribution in [-0.4, -0.2) is 12.4 Å². The van der Waals surface area contributed by atoms with Crippen molar-refractivity contribution in [2.24, 2.45) is 0 Å².